The molecule has 2 aromatic carbocycles. The summed E-state index contributed by atoms with van der Waals surface area (Å²) in [5.74, 6) is 0.928. The first-order valence-corrected chi connectivity index (χ1v) is 9.17. The maximum atomic E-state index is 11.9. The first-order valence-electron chi connectivity index (χ1n) is 9.17. The number of pyridine rings is 1. The van der Waals surface area contributed by atoms with E-state index in [-0.39, 0.29) is 11.5 Å². The van der Waals surface area contributed by atoms with Crippen molar-refractivity contribution in [2.24, 2.45) is 0 Å². The normalized spacial score (nSPS) is 10.6. The van der Waals surface area contributed by atoms with Gasteiger partial charge < -0.3 is 20.5 Å². The van der Waals surface area contributed by atoms with Crippen molar-refractivity contribution in [3.63, 3.8) is 0 Å². The van der Waals surface area contributed by atoms with Gasteiger partial charge in [-0.3, -0.25) is 0 Å². The molecule has 0 atom stereocenters. The Bertz CT molecular complexity index is 1210. The number of carbonyl (C=O) groups is 1. The average molecular weight is 401 g/mol. The van der Waals surface area contributed by atoms with Crippen LogP contribution in [0.2, 0.25) is 0 Å². The Hall–Kier alpha value is -4.20. The zero-order valence-electron chi connectivity index (χ0n) is 16.2. The molecule has 0 fully saturated rings. The highest BCUT2D eigenvalue weighted by Crippen LogP contribution is 2.30. The summed E-state index contributed by atoms with van der Waals surface area (Å²) in [5, 5.41) is 4.91. The van der Waals surface area contributed by atoms with Crippen molar-refractivity contribution in [2.45, 2.75) is 6.61 Å². The minimum atomic E-state index is -0.583. The average Bonchev–Trinajstić information content (AvgIpc) is 2.79. The van der Waals surface area contributed by atoms with Gasteiger partial charge in [0.2, 0.25) is 0 Å². The van der Waals surface area contributed by atoms with Gasteiger partial charge in [0.15, 0.2) is 11.5 Å². The standard InChI is InChI=1S/C22H19N5O3/c1-29-22(28)20-21(26-11-10-25-20)27-19-12-14(8-9-24-19)13-30-18-7-6-17(23)15-4-2-3-5-16(15)18/h2-12H,13,23H2,1H3,(H,24,26,27). The number of benzene rings is 2. The van der Waals surface area contributed by atoms with Gasteiger partial charge >= 0.3 is 5.97 Å². The van der Waals surface area contributed by atoms with E-state index >= 15 is 0 Å². The van der Waals surface area contributed by atoms with Crippen molar-refractivity contribution >= 4 is 34.1 Å². The number of aromatic nitrogens is 3. The van der Waals surface area contributed by atoms with E-state index in [1.54, 1.807) is 6.20 Å². The summed E-state index contributed by atoms with van der Waals surface area (Å²) in [6.07, 6.45) is 4.55. The zero-order chi connectivity index (χ0) is 20.9. The predicted molar refractivity (Wildman–Crippen MR) is 114 cm³/mol. The molecule has 8 heteroatoms. The van der Waals surface area contributed by atoms with Gasteiger partial charge in [0, 0.05) is 35.1 Å². The van der Waals surface area contributed by atoms with Gasteiger partial charge in [0.1, 0.15) is 18.2 Å². The highest BCUT2D eigenvalue weighted by molar-refractivity contribution is 5.97. The van der Waals surface area contributed by atoms with Crippen LogP contribution in [0.15, 0.2) is 67.1 Å². The fraction of sp³-hybridized carbons (Fsp3) is 0.0909. The molecule has 30 heavy (non-hydrogen) atoms. The molecule has 3 N–H and O–H groups in total. The maximum Gasteiger partial charge on any atom is 0.360 e. The van der Waals surface area contributed by atoms with E-state index in [1.165, 1.54) is 19.5 Å². The quantitative estimate of drug-likeness (QED) is 0.371. The molecule has 0 amide bonds. The second-order valence-corrected chi connectivity index (χ2v) is 6.41. The van der Waals surface area contributed by atoms with Crippen LogP contribution in [-0.2, 0) is 11.3 Å². The topological polar surface area (TPSA) is 112 Å². The number of ether oxygens (including phenoxy) is 2. The van der Waals surface area contributed by atoms with Crippen molar-refractivity contribution in [3.05, 3.63) is 78.4 Å². The minimum absolute atomic E-state index is 0.0804. The van der Waals surface area contributed by atoms with Crippen molar-refractivity contribution in [1.82, 2.24) is 15.0 Å². The molecular formula is C22H19N5O3. The van der Waals surface area contributed by atoms with E-state index < -0.39 is 5.97 Å². The Morgan fingerprint density at radius 1 is 1.00 bits per heavy atom. The fourth-order valence-corrected chi connectivity index (χ4v) is 3.01. The van der Waals surface area contributed by atoms with Crippen LogP contribution in [-0.4, -0.2) is 28.0 Å². The lowest BCUT2D eigenvalue weighted by molar-refractivity contribution is 0.0595. The lowest BCUT2D eigenvalue weighted by Crippen LogP contribution is -2.10. The molecule has 150 valence electrons. The predicted octanol–water partition coefficient (Wildman–Crippen LogP) is 3.72. The van der Waals surface area contributed by atoms with Gasteiger partial charge in [0.05, 0.1) is 7.11 Å². The van der Waals surface area contributed by atoms with Crippen LogP contribution in [0.5, 0.6) is 5.75 Å². The third-order valence-electron chi connectivity index (χ3n) is 4.46. The van der Waals surface area contributed by atoms with Crippen LogP contribution < -0.4 is 15.8 Å². The number of methoxy groups -OCH3 is 1. The second kappa shape index (κ2) is 8.44. The molecule has 0 saturated carbocycles. The monoisotopic (exact) mass is 401 g/mol. The number of nitrogens with one attached hydrogen (secondary N) is 1. The number of rotatable bonds is 6. The van der Waals surface area contributed by atoms with Crippen molar-refractivity contribution in [1.29, 1.82) is 0 Å². The van der Waals surface area contributed by atoms with E-state index in [2.05, 4.69) is 20.3 Å². The SMILES string of the molecule is COC(=O)c1nccnc1Nc1cc(COc2ccc(N)c3ccccc23)ccn1. The van der Waals surface area contributed by atoms with Crippen molar-refractivity contribution in [2.75, 3.05) is 18.2 Å². The molecule has 4 aromatic rings. The Labute approximate surface area is 172 Å². The molecule has 8 nitrogen and oxygen atoms in total. The number of hydrogen-bond acceptors (Lipinski definition) is 8. The molecule has 0 spiro atoms. The highest BCUT2D eigenvalue weighted by Gasteiger charge is 2.15. The molecule has 0 saturated heterocycles. The summed E-state index contributed by atoms with van der Waals surface area (Å²) in [7, 11) is 1.29. The minimum Gasteiger partial charge on any atom is -0.488 e. The van der Waals surface area contributed by atoms with Gasteiger partial charge in [-0.05, 0) is 29.8 Å². The molecule has 2 aromatic heterocycles. The largest absolute Gasteiger partial charge is 0.488 e. The van der Waals surface area contributed by atoms with Crippen LogP contribution >= 0.6 is 0 Å². The van der Waals surface area contributed by atoms with Crippen LogP contribution in [0.4, 0.5) is 17.3 Å². The summed E-state index contributed by atoms with van der Waals surface area (Å²) in [6, 6.07) is 15.2. The van der Waals surface area contributed by atoms with Crippen LogP contribution in [0.3, 0.4) is 0 Å². The second-order valence-electron chi connectivity index (χ2n) is 6.41. The number of fused-ring (bicyclic) bond motifs is 1. The zero-order valence-corrected chi connectivity index (χ0v) is 16.2. The maximum absolute atomic E-state index is 11.9. The van der Waals surface area contributed by atoms with E-state index in [1.807, 2.05) is 48.5 Å². The van der Waals surface area contributed by atoms with E-state index in [9.17, 15) is 4.79 Å². The summed E-state index contributed by atoms with van der Waals surface area (Å²) in [5.41, 5.74) is 7.73. The molecule has 4 rings (SSSR count). The Morgan fingerprint density at radius 2 is 1.80 bits per heavy atom. The summed E-state index contributed by atoms with van der Waals surface area (Å²) < 4.78 is 10.8. The van der Waals surface area contributed by atoms with E-state index in [0.717, 1.165) is 22.1 Å². The lowest BCUT2D eigenvalue weighted by atomic mass is 10.1. The summed E-state index contributed by atoms with van der Waals surface area (Å²) in [4.78, 5) is 24.3. The van der Waals surface area contributed by atoms with Gasteiger partial charge in [0.25, 0.3) is 0 Å². The van der Waals surface area contributed by atoms with Gasteiger partial charge in [-0.1, -0.05) is 24.3 Å². The van der Waals surface area contributed by atoms with E-state index in [4.69, 9.17) is 15.2 Å². The molecule has 0 aliphatic carbocycles. The van der Waals surface area contributed by atoms with Crippen LogP contribution in [0.1, 0.15) is 16.1 Å². The first kappa shape index (κ1) is 19.1. The molecule has 0 radical (unpaired) electrons. The Morgan fingerprint density at radius 3 is 2.63 bits per heavy atom. The lowest BCUT2D eigenvalue weighted by Gasteiger charge is -2.12. The molecule has 0 aliphatic heterocycles. The number of carbonyl (C=O) groups excluding carboxylic acids is 1. The Balaban J connectivity index is 1.53. The molecular weight excluding hydrogens is 382 g/mol. The van der Waals surface area contributed by atoms with Crippen molar-refractivity contribution in [3.8, 4) is 5.75 Å². The summed E-state index contributed by atoms with van der Waals surface area (Å²) >= 11 is 0. The number of esters is 1. The third-order valence-corrected chi connectivity index (χ3v) is 4.46. The molecule has 2 heterocycles. The van der Waals surface area contributed by atoms with E-state index in [0.29, 0.717) is 18.1 Å². The number of hydrogen-bond donors (Lipinski definition) is 2. The van der Waals surface area contributed by atoms with Gasteiger partial charge in [-0.15, -0.1) is 0 Å². The number of nitrogens with two attached hydrogens (primary N) is 1. The Kier molecular flexibility index (Phi) is 5.38. The van der Waals surface area contributed by atoms with Gasteiger partial charge in [-0.2, -0.15) is 0 Å². The highest BCUT2D eigenvalue weighted by atomic mass is 16.5. The smallest absolute Gasteiger partial charge is 0.360 e. The first-order chi connectivity index (χ1) is 14.7. The van der Waals surface area contributed by atoms with Crippen LogP contribution in [0.25, 0.3) is 10.8 Å². The molecule has 0 aliphatic rings. The number of nitrogens with zero attached hydrogens (tertiary/aromatic N) is 3. The third kappa shape index (κ3) is 3.97. The van der Waals surface area contributed by atoms with Crippen LogP contribution in [0, 0.1) is 0 Å². The van der Waals surface area contributed by atoms with Crippen molar-refractivity contribution < 1.29 is 14.3 Å². The molecule has 0 bridgehead atoms. The van der Waals surface area contributed by atoms with Gasteiger partial charge in [-0.25, -0.2) is 19.7 Å². The number of nitrogen functional groups attached to an aromatic ring is 1. The fourth-order valence-electron chi connectivity index (χ4n) is 3.01. The summed E-state index contributed by atoms with van der Waals surface area (Å²) in [6.45, 7) is 0.329. The molecule has 0 unspecified atom stereocenters. The number of anilines is 3.